The Kier molecular flexibility index (Phi) is 2.23. The zero-order valence-corrected chi connectivity index (χ0v) is 11.0. The van der Waals surface area contributed by atoms with E-state index in [4.69, 9.17) is 11.5 Å². The van der Waals surface area contributed by atoms with Gasteiger partial charge in [0.1, 0.15) is 5.82 Å². The zero-order valence-electron chi connectivity index (χ0n) is 11.0. The van der Waals surface area contributed by atoms with Gasteiger partial charge in [-0.05, 0) is 55.8 Å². The smallest absolute Gasteiger partial charge is 0.341 e. The SMILES string of the molecule is NC(=O)n1nc(C2C3CC4CC(C3)CC2C4)cc1N. The molecule has 5 heteroatoms. The summed E-state index contributed by atoms with van der Waals surface area (Å²) in [5, 5.41) is 4.37. The fraction of sp³-hybridized carbons (Fsp3) is 0.714. The lowest BCUT2D eigenvalue weighted by Gasteiger charge is -2.54. The Morgan fingerprint density at radius 2 is 1.74 bits per heavy atom. The average molecular weight is 260 g/mol. The molecule has 0 radical (unpaired) electrons. The Balaban J connectivity index is 1.69. The third-order valence-corrected chi connectivity index (χ3v) is 5.53. The highest BCUT2D eigenvalue weighted by Crippen LogP contribution is 2.59. The molecule has 0 spiro atoms. The number of aromatic nitrogens is 2. The highest BCUT2D eigenvalue weighted by atomic mass is 16.2. The largest absolute Gasteiger partial charge is 0.383 e. The Labute approximate surface area is 112 Å². The quantitative estimate of drug-likeness (QED) is 0.808. The standard InChI is InChI=1S/C14H20N4O/c15-12-6-11(17-18(12)14(16)19)13-9-2-7-1-8(4-9)5-10(13)3-7/h6-10,13H,1-5,15H2,(H2,16,19). The van der Waals surface area contributed by atoms with Crippen LogP contribution < -0.4 is 11.5 Å². The number of nitrogen functional groups attached to an aromatic ring is 1. The molecular formula is C14H20N4O. The molecule has 1 amide bonds. The van der Waals surface area contributed by atoms with Crippen molar-refractivity contribution in [3.05, 3.63) is 11.8 Å². The maximum atomic E-state index is 11.3. The predicted octanol–water partition coefficient (Wildman–Crippen LogP) is 1.93. The molecule has 4 aliphatic carbocycles. The van der Waals surface area contributed by atoms with Gasteiger partial charge in [-0.15, -0.1) is 0 Å². The summed E-state index contributed by atoms with van der Waals surface area (Å²) in [5.74, 6) is 4.23. The van der Waals surface area contributed by atoms with Crippen molar-refractivity contribution >= 4 is 11.8 Å². The molecule has 0 aliphatic heterocycles. The monoisotopic (exact) mass is 260 g/mol. The number of nitrogens with zero attached hydrogens (tertiary/aromatic N) is 2. The summed E-state index contributed by atoms with van der Waals surface area (Å²) in [6.45, 7) is 0. The van der Waals surface area contributed by atoms with Gasteiger partial charge in [-0.1, -0.05) is 0 Å². The van der Waals surface area contributed by atoms with Crippen molar-refractivity contribution in [3.8, 4) is 0 Å². The van der Waals surface area contributed by atoms with Crippen LogP contribution >= 0.6 is 0 Å². The minimum atomic E-state index is -0.590. The number of hydrogen-bond donors (Lipinski definition) is 2. The first-order valence-corrected chi connectivity index (χ1v) is 7.27. The average Bonchev–Trinajstić information content (AvgIpc) is 2.69. The maximum Gasteiger partial charge on any atom is 0.341 e. The van der Waals surface area contributed by atoms with Crippen LogP contribution in [-0.4, -0.2) is 15.8 Å². The van der Waals surface area contributed by atoms with Crippen LogP contribution in [0.1, 0.15) is 43.7 Å². The Hall–Kier alpha value is -1.52. The predicted molar refractivity (Wildman–Crippen MR) is 71.4 cm³/mol. The van der Waals surface area contributed by atoms with Crippen LogP contribution in [0.2, 0.25) is 0 Å². The molecule has 4 fully saturated rings. The van der Waals surface area contributed by atoms with Gasteiger partial charge in [-0.25, -0.2) is 4.79 Å². The van der Waals surface area contributed by atoms with Gasteiger partial charge in [-0.2, -0.15) is 9.78 Å². The van der Waals surface area contributed by atoms with Crippen LogP contribution in [0.15, 0.2) is 6.07 Å². The van der Waals surface area contributed by atoms with Crippen LogP contribution in [0, 0.1) is 23.7 Å². The molecule has 0 aromatic carbocycles. The van der Waals surface area contributed by atoms with Gasteiger partial charge in [-0.3, -0.25) is 0 Å². The third-order valence-electron chi connectivity index (χ3n) is 5.53. The van der Waals surface area contributed by atoms with E-state index in [0.29, 0.717) is 11.7 Å². The van der Waals surface area contributed by atoms with E-state index in [1.807, 2.05) is 6.07 Å². The van der Waals surface area contributed by atoms with Crippen LogP contribution in [0.3, 0.4) is 0 Å². The van der Waals surface area contributed by atoms with Gasteiger partial charge in [0.2, 0.25) is 0 Å². The van der Waals surface area contributed by atoms with E-state index >= 15 is 0 Å². The van der Waals surface area contributed by atoms with E-state index in [0.717, 1.165) is 34.0 Å². The van der Waals surface area contributed by atoms with Gasteiger partial charge >= 0.3 is 6.03 Å². The lowest BCUT2D eigenvalue weighted by atomic mass is 9.51. The van der Waals surface area contributed by atoms with Gasteiger partial charge in [0.15, 0.2) is 0 Å². The number of anilines is 1. The van der Waals surface area contributed by atoms with Crippen molar-refractivity contribution in [1.29, 1.82) is 0 Å². The van der Waals surface area contributed by atoms with E-state index in [1.54, 1.807) is 0 Å². The number of primary amides is 1. The molecule has 4 aliphatic rings. The van der Waals surface area contributed by atoms with Crippen molar-refractivity contribution in [3.63, 3.8) is 0 Å². The first kappa shape index (κ1) is 11.3. The first-order chi connectivity index (χ1) is 9.11. The van der Waals surface area contributed by atoms with E-state index in [1.165, 1.54) is 32.1 Å². The van der Waals surface area contributed by atoms with Crippen LogP contribution in [0.4, 0.5) is 10.6 Å². The Bertz CT molecular complexity index is 508. The number of hydrogen-bond acceptors (Lipinski definition) is 3. The number of amides is 1. The number of carbonyl (C=O) groups excluding carboxylic acids is 1. The van der Waals surface area contributed by atoms with Crippen molar-refractivity contribution in [2.75, 3.05) is 5.73 Å². The lowest BCUT2D eigenvalue weighted by Crippen LogP contribution is -2.44. The molecule has 1 aromatic rings. The summed E-state index contributed by atoms with van der Waals surface area (Å²) in [4.78, 5) is 11.3. The second-order valence-electron chi connectivity index (χ2n) is 6.70. The van der Waals surface area contributed by atoms with Gasteiger partial charge in [0.25, 0.3) is 0 Å². The molecule has 102 valence electrons. The Morgan fingerprint density at radius 3 is 2.21 bits per heavy atom. The fourth-order valence-electron chi connectivity index (χ4n) is 5.16. The van der Waals surface area contributed by atoms with E-state index < -0.39 is 6.03 Å². The highest BCUT2D eigenvalue weighted by molar-refractivity contribution is 5.77. The number of carbonyl (C=O) groups is 1. The molecule has 5 nitrogen and oxygen atoms in total. The van der Waals surface area contributed by atoms with E-state index in [-0.39, 0.29) is 0 Å². The summed E-state index contributed by atoms with van der Waals surface area (Å²) in [5.41, 5.74) is 12.1. The van der Waals surface area contributed by atoms with Crippen molar-refractivity contribution in [1.82, 2.24) is 9.78 Å². The van der Waals surface area contributed by atoms with Crippen molar-refractivity contribution in [2.24, 2.45) is 29.4 Å². The molecule has 0 saturated heterocycles. The molecule has 19 heavy (non-hydrogen) atoms. The molecule has 4 N–H and O–H groups in total. The molecule has 4 bridgehead atoms. The van der Waals surface area contributed by atoms with Crippen molar-refractivity contribution < 1.29 is 4.79 Å². The zero-order chi connectivity index (χ0) is 13.1. The second kappa shape index (κ2) is 3.74. The topological polar surface area (TPSA) is 86.9 Å². The molecule has 1 heterocycles. The summed E-state index contributed by atoms with van der Waals surface area (Å²) in [6, 6.07) is 1.27. The first-order valence-electron chi connectivity index (χ1n) is 7.27. The van der Waals surface area contributed by atoms with Crippen molar-refractivity contribution in [2.45, 2.75) is 38.0 Å². The third kappa shape index (κ3) is 1.60. The lowest BCUT2D eigenvalue weighted by molar-refractivity contribution is -0.00426. The fourth-order valence-corrected chi connectivity index (χ4v) is 5.16. The summed E-state index contributed by atoms with van der Waals surface area (Å²) < 4.78 is 1.14. The van der Waals surface area contributed by atoms with Crippen LogP contribution in [0.5, 0.6) is 0 Å². The van der Waals surface area contributed by atoms with Gasteiger partial charge in [0.05, 0.1) is 5.69 Å². The maximum absolute atomic E-state index is 11.3. The Morgan fingerprint density at radius 1 is 1.16 bits per heavy atom. The van der Waals surface area contributed by atoms with E-state index in [2.05, 4.69) is 5.10 Å². The van der Waals surface area contributed by atoms with Crippen LogP contribution in [0.25, 0.3) is 0 Å². The van der Waals surface area contributed by atoms with Gasteiger partial charge < -0.3 is 11.5 Å². The summed E-state index contributed by atoms with van der Waals surface area (Å²) >= 11 is 0. The highest BCUT2D eigenvalue weighted by Gasteiger charge is 2.49. The molecule has 0 unspecified atom stereocenters. The number of rotatable bonds is 1. The van der Waals surface area contributed by atoms with Crippen LogP contribution in [-0.2, 0) is 0 Å². The molecule has 4 saturated carbocycles. The molecular weight excluding hydrogens is 240 g/mol. The minimum Gasteiger partial charge on any atom is -0.383 e. The summed E-state index contributed by atoms with van der Waals surface area (Å²) in [7, 11) is 0. The second-order valence-corrected chi connectivity index (χ2v) is 6.70. The normalized spacial score (nSPS) is 39.7. The molecule has 5 rings (SSSR count). The van der Waals surface area contributed by atoms with Gasteiger partial charge in [0, 0.05) is 12.0 Å². The number of nitrogens with two attached hydrogens (primary N) is 2. The summed E-state index contributed by atoms with van der Waals surface area (Å²) in [6.07, 6.45) is 6.78. The molecule has 0 atom stereocenters. The minimum absolute atomic E-state index is 0.372. The van der Waals surface area contributed by atoms with E-state index in [9.17, 15) is 4.79 Å². The molecule has 1 aromatic heterocycles.